The van der Waals surface area contributed by atoms with Gasteiger partial charge in [-0.2, -0.15) is 5.26 Å². The monoisotopic (exact) mass is 362 g/mol. The quantitative estimate of drug-likeness (QED) is 0.722. The van der Waals surface area contributed by atoms with Gasteiger partial charge in [0.05, 0.1) is 41.0 Å². The molecule has 0 aliphatic heterocycles. The highest BCUT2D eigenvalue weighted by Crippen LogP contribution is 2.29. The number of amides is 1. The van der Waals surface area contributed by atoms with Gasteiger partial charge in [0, 0.05) is 31.1 Å². The first-order valence-corrected chi connectivity index (χ1v) is 7.89. The van der Waals surface area contributed by atoms with Gasteiger partial charge in [0.1, 0.15) is 11.6 Å². The van der Waals surface area contributed by atoms with Crippen molar-refractivity contribution in [3.05, 3.63) is 71.9 Å². The van der Waals surface area contributed by atoms with Gasteiger partial charge in [-0.05, 0) is 24.3 Å². The largest absolute Gasteiger partial charge is 0.365 e. The topological polar surface area (TPSA) is 108 Å². The van der Waals surface area contributed by atoms with Crippen LogP contribution in [0.1, 0.15) is 15.9 Å². The maximum Gasteiger partial charge on any atom is 0.252 e. The van der Waals surface area contributed by atoms with Crippen LogP contribution in [0.2, 0.25) is 0 Å². The molecule has 27 heavy (non-hydrogen) atoms. The summed E-state index contributed by atoms with van der Waals surface area (Å²) >= 11 is 0. The van der Waals surface area contributed by atoms with Crippen LogP contribution in [0.15, 0.2) is 55.0 Å². The average molecular weight is 362 g/mol. The van der Waals surface area contributed by atoms with Crippen molar-refractivity contribution in [2.45, 2.75) is 0 Å². The number of benzene rings is 1. The molecule has 0 aliphatic carbocycles. The molecule has 1 amide bonds. The van der Waals surface area contributed by atoms with Gasteiger partial charge >= 0.3 is 0 Å². The number of hydrogen-bond acceptors (Lipinski definition) is 6. The Balaban J connectivity index is 1.97. The number of carbonyl (C=O) groups excluding carboxylic acids is 1. The Labute approximate surface area is 154 Å². The zero-order valence-corrected chi connectivity index (χ0v) is 14.3. The molecule has 8 heteroatoms. The molecule has 2 heterocycles. The lowest BCUT2D eigenvalue weighted by molar-refractivity contribution is 0.100. The van der Waals surface area contributed by atoms with Crippen molar-refractivity contribution in [2.24, 2.45) is 5.73 Å². The molecule has 0 fully saturated rings. The van der Waals surface area contributed by atoms with Crippen LogP contribution in [0.25, 0.3) is 0 Å². The summed E-state index contributed by atoms with van der Waals surface area (Å²) in [6.45, 7) is 0. The fourth-order valence-electron chi connectivity index (χ4n) is 2.48. The third-order valence-corrected chi connectivity index (χ3v) is 3.87. The van der Waals surface area contributed by atoms with E-state index in [9.17, 15) is 9.18 Å². The Morgan fingerprint density at radius 2 is 1.96 bits per heavy atom. The number of carbonyl (C=O) groups is 1. The number of rotatable bonds is 5. The van der Waals surface area contributed by atoms with Crippen LogP contribution in [0.4, 0.5) is 27.3 Å². The molecule has 0 unspecified atom stereocenters. The van der Waals surface area contributed by atoms with Crippen molar-refractivity contribution in [2.75, 3.05) is 17.3 Å². The zero-order chi connectivity index (χ0) is 19.4. The fraction of sp³-hybridized carbons (Fsp3) is 0.0526. The minimum Gasteiger partial charge on any atom is -0.365 e. The van der Waals surface area contributed by atoms with Crippen LogP contribution < -0.4 is 16.0 Å². The van der Waals surface area contributed by atoms with E-state index in [2.05, 4.69) is 15.3 Å². The maximum absolute atomic E-state index is 13.5. The second-order valence-electron chi connectivity index (χ2n) is 5.69. The number of primary amides is 1. The number of pyridine rings is 2. The molecule has 3 aromatic rings. The van der Waals surface area contributed by atoms with Crippen molar-refractivity contribution in [1.82, 2.24) is 9.97 Å². The predicted octanol–water partition coefficient (Wildman–Crippen LogP) is 3.10. The Morgan fingerprint density at radius 1 is 1.22 bits per heavy atom. The number of nitrogens with one attached hydrogen (secondary N) is 1. The van der Waals surface area contributed by atoms with E-state index in [0.29, 0.717) is 28.4 Å². The van der Waals surface area contributed by atoms with Crippen molar-refractivity contribution in [3.8, 4) is 6.07 Å². The summed E-state index contributed by atoms with van der Waals surface area (Å²) in [5.74, 6) is -0.695. The van der Waals surface area contributed by atoms with Crippen LogP contribution in [-0.2, 0) is 0 Å². The summed E-state index contributed by atoms with van der Waals surface area (Å²) < 4.78 is 13.5. The molecule has 0 spiro atoms. The lowest BCUT2D eigenvalue weighted by Gasteiger charge is -2.22. The summed E-state index contributed by atoms with van der Waals surface area (Å²) in [5, 5.41) is 12.0. The minimum absolute atomic E-state index is 0.187. The van der Waals surface area contributed by atoms with E-state index in [1.807, 2.05) is 6.07 Å². The maximum atomic E-state index is 13.5. The van der Waals surface area contributed by atoms with E-state index in [4.69, 9.17) is 11.0 Å². The molecular weight excluding hydrogens is 347 g/mol. The van der Waals surface area contributed by atoms with Crippen molar-refractivity contribution in [1.29, 1.82) is 5.26 Å². The summed E-state index contributed by atoms with van der Waals surface area (Å²) in [4.78, 5) is 21.4. The highest BCUT2D eigenvalue weighted by atomic mass is 19.1. The Bertz CT molecular complexity index is 1030. The van der Waals surface area contributed by atoms with Gasteiger partial charge in [-0.25, -0.2) is 9.37 Å². The molecule has 134 valence electrons. The van der Waals surface area contributed by atoms with Crippen LogP contribution >= 0.6 is 0 Å². The van der Waals surface area contributed by atoms with E-state index >= 15 is 0 Å². The van der Waals surface area contributed by atoms with Crippen LogP contribution in [-0.4, -0.2) is 22.9 Å². The molecule has 0 aliphatic rings. The number of aromatic nitrogens is 2. The van der Waals surface area contributed by atoms with E-state index in [0.717, 1.165) is 6.20 Å². The van der Waals surface area contributed by atoms with Gasteiger partial charge in [0.25, 0.3) is 5.91 Å². The third-order valence-electron chi connectivity index (χ3n) is 3.87. The minimum atomic E-state index is -0.654. The average Bonchev–Trinajstić information content (AvgIpc) is 2.67. The molecule has 0 atom stereocenters. The standard InChI is InChI=1S/C19H15FN6O/c1-26(15-6-13(20)9-23-10-15)17-7-18(24-11-16(17)19(22)27)25-14-4-2-12(8-21)3-5-14/h2-7,9-11H,1H3,(H2,22,27)(H,24,25). The summed E-state index contributed by atoms with van der Waals surface area (Å²) in [6.07, 6.45) is 3.92. The SMILES string of the molecule is CN(c1cncc(F)c1)c1cc(Nc2ccc(C#N)cc2)ncc1C(N)=O. The van der Waals surface area contributed by atoms with Gasteiger partial charge in [-0.1, -0.05) is 0 Å². The molecule has 0 saturated heterocycles. The second-order valence-corrected chi connectivity index (χ2v) is 5.69. The molecular formula is C19H15FN6O. The zero-order valence-electron chi connectivity index (χ0n) is 14.3. The highest BCUT2D eigenvalue weighted by Gasteiger charge is 2.16. The Kier molecular flexibility index (Phi) is 4.95. The first-order valence-electron chi connectivity index (χ1n) is 7.89. The van der Waals surface area contributed by atoms with E-state index in [1.165, 1.54) is 18.5 Å². The number of halogens is 1. The Hall–Kier alpha value is -3.99. The van der Waals surface area contributed by atoms with Gasteiger partial charge in [0.2, 0.25) is 0 Å². The molecule has 3 rings (SSSR count). The molecule has 0 bridgehead atoms. The molecule has 1 aromatic carbocycles. The number of nitrogens with two attached hydrogens (primary N) is 1. The molecule has 0 saturated carbocycles. The highest BCUT2D eigenvalue weighted by molar-refractivity contribution is 5.99. The predicted molar refractivity (Wildman–Crippen MR) is 99.5 cm³/mol. The van der Waals surface area contributed by atoms with Crippen LogP contribution in [0.5, 0.6) is 0 Å². The number of nitriles is 1. The van der Waals surface area contributed by atoms with Gasteiger partial charge in [-0.3, -0.25) is 9.78 Å². The molecule has 2 aromatic heterocycles. The fourth-order valence-corrected chi connectivity index (χ4v) is 2.48. The summed E-state index contributed by atoms with van der Waals surface area (Å²) in [5.41, 5.74) is 7.79. The molecule has 7 nitrogen and oxygen atoms in total. The van der Waals surface area contributed by atoms with Crippen molar-refractivity contribution < 1.29 is 9.18 Å². The molecule has 3 N–H and O–H groups in total. The lowest BCUT2D eigenvalue weighted by atomic mass is 10.2. The lowest BCUT2D eigenvalue weighted by Crippen LogP contribution is -2.19. The van der Waals surface area contributed by atoms with Crippen molar-refractivity contribution >= 4 is 28.8 Å². The van der Waals surface area contributed by atoms with Crippen molar-refractivity contribution in [3.63, 3.8) is 0 Å². The number of hydrogen-bond donors (Lipinski definition) is 2. The molecule has 0 radical (unpaired) electrons. The van der Waals surface area contributed by atoms with Gasteiger partial charge in [0.15, 0.2) is 0 Å². The first kappa shape index (κ1) is 17.8. The number of nitrogens with zero attached hydrogens (tertiary/aromatic N) is 4. The van der Waals surface area contributed by atoms with Gasteiger partial charge < -0.3 is 16.0 Å². The first-order chi connectivity index (χ1) is 13.0. The normalized spacial score (nSPS) is 10.1. The van der Waals surface area contributed by atoms with E-state index in [-0.39, 0.29) is 5.56 Å². The summed E-state index contributed by atoms with van der Waals surface area (Å²) in [6, 6.07) is 11.8. The van der Waals surface area contributed by atoms with Crippen LogP contribution in [0, 0.1) is 17.1 Å². The Morgan fingerprint density at radius 3 is 2.59 bits per heavy atom. The second kappa shape index (κ2) is 7.49. The van der Waals surface area contributed by atoms with E-state index < -0.39 is 11.7 Å². The third kappa shape index (κ3) is 3.99. The van der Waals surface area contributed by atoms with Gasteiger partial charge in [-0.15, -0.1) is 0 Å². The number of anilines is 4. The smallest absolute Gasteiger partial charge is 0.252 e. The summed E-state index contributed by atoms with van der Waals surface area (Å²) in [7, 11) is 1.67. The van der Waals surface area contributed by atoms with E-state index in [1.54, 1.807) is 42.3 Å². The van der Waals surface area contributed by atoms with Crippen LogP contribution in [0.3, 0.4) is 0 Å².